The number of hydrogen-bond acceptors (Lipinski definition) is 4. The number of para-hydroxylation sites is 2. The molecule has 8 aromatic rings. The van der Waals surface area contributed by atoms with Gasteiger partial charge < -0.3 is 13.2 Å². The molecule has 4 aromatic carbocycles. The first-order valence-electron chi connectivity index (χ1n) is 11.5. The third-order valence-electron chi connectivity index (χ3n) is 6.74. The Morgan fingerprint density at radius 1 is 0.657 bits per heavy atom. The van der Waals surface area contributed by atoms with Crippen molar-refractivity contribution in [2.45, 2.75) is 0 Å². The number of furan rings is 2. The number of nitrogens with zero attached hydrogens (tertiary/aromatic N) is 3. The summed E-state index contributed by atoms with van der Waals surface area (Å²) < 4.78 is 14.8. The molecule has 164 valence electrons. The van der Waals surface area contributed by atoms with E-state index in [2.05, 4.69) is 47.4 Å². The zero-order chi connectivity index (χ0) is 22.9. The van der Waals surface area contributed by atoms with Crippen molar-refractivity contribution in [3.63, 3.8) is 0 Å². The third kappa shape index (κ3) is 2.63. The van der Waals surface area contributed by atoms with Gasteiger partial charge in [-0.2, -0.15) is 0 Å². The molecule has 0 bridgehead atoms. The smallest absolute Gasteiger partial charge is 0.155 e. The van der Waals surface area contributed by atoms with Crippen LogP contribution >= 0.6 is 0 Å². The molecule has 0 aliphatic heterocycles. The molecule has 4 heterocycles. The average Bonchev–Trinajstić information content (AvgIpc) is 3.60. The predicted octanol–water partition coefficient (Wildman–Crippen LogP) is 7.86. The van der Waals surface area contributed by atoms with Gasteiger partial charge in [0.2, 0.25) is 0 Å². The molecule has 0 spiro atoms. The third-order valence-corrected chi connectivity index (χ3v) is 6.74. The fraction of sp³-hybridized carbons (Fsp3) is 0. The van der Waals surface area contributed by atoms with E-state index in [4.69, 9.17) is 13.8 Å². The van der Waals surface area contributed by atoms with Crippen molar-refractivity contribution in [2.24, 2.45) is 0 Å². The molecular formula is C30H17N3O2. The fourth-order valence-corrected chi connectivity index (χ4v) is 5.09. The van der Waals surface area contributed by atoms with Crippen LogP contribution in [0.3, 0.4) is 0 Å². The number of benzene rings is 4. The quantitative estimate of drug-likeness (QED) is 0.268. The standard InChI is InChI=1S/C30H17N3O2/c1-3-7-25-20(5-1)22-15-23-21-6-2-4-8-26(21)35-30(23)28(29(22)34-25)19-11-9-18(10-12-19)24-17-33-14-13-31-16-27(33)32-24/h1-17H. The van der Waals surface area contributed by atoms with Gasteiger partial charge in [-0.3, -0.25) is 4.98 Å². The Balaban J connectivity index is 1.40. The normalized spacial score (nSPS) is 12.0. The molecule has 0 atom stereocenters. The summed E-state index contributed by atoms with van der Waals surface area (Å²) in [6.45, 7) is 0. The summed E-state index contributed by atoms with van der Waals surface area (Å²) >= 11 is 0. The van der Waals surface area contributed by atoms with Gasteiger partial charge >= 0.3 is 0 Å². The van der Waals surface area contributed by atoms with Gasteiger partial charge in [0, 0.05) is 45.7 Å². The van der Waals surface area contributed by atoms with Crippen LogP contribution in [0.25, 0.3) is 71.9 Å². The van der Waals surface area contributed by atoms with E-state index < -0.39 is 0 Å². The second kappa shape index (κ2) is 6.81. The first kappa shape index (κ1) is 18.5. The van der Waals surface area contributed by atoms with Crippen molar-refractivity contribution in [1.29, 1.82) is 0 Å². The maximum Gasteiger partial charge on any atom is 0.155 e. The molecule has 5 nitrogen and oxygen atoms in total. The van der Waals surface area contributed by atoms with Crippen LogP contribution in [0.2, 0.25) is 0 Å². The Bertz CT molecular complexity index is 1940. The van der Waals surface area contributed by atoms with Gasteiger partial charge in [-0.15, -0.1) is 0 Å². The lowest BCUT2D eigenvalue weighted by molar-refractivity contribution is 0.658. The molecule has 0 amide bonds. The molecule has 35 heavy (non-hydrogen) atoms. The Labute approximate surface area is 198 Å². The highest BCUT2D eigenvalue weighted by molar-refractivity contribution is 6.21. The van der Waals surface area contributed by atoms with Gasteiger partial charge in [-0.1, -0.05) is 60.7 Å². The highest BCUT2D eigenvalue weighted by atomic mass is 16.3. The van der Waals surface area contributed by atoms with Crippen molar-refractivity contribution in [3.8, 4) is 22.4 Å². The van der Waals surface area contributed by atoms with E-state index in [-0.39, 0.29) is 0 Å². The molecule has 0 aliphatic carbocycles. The second-order valence-electron chi connectivity index (χ2n) is 8.75. The molecule has 0 saturated carbocycles. The Hall–Kier alpha value is -4.90. The number of rotatable bonds is 2. The van der Waals surface area contributed by atoms with E-state index in [1.165, 1.54) is 0 Å². The van der Waals surface area contributed by atoms with E-state index in [9.17, 15) is 0 Å². The van der Waals surface area contributed by atoms with Crippen LogP contribution in [0.5, 0.6) is 0 Å². The van der Waals surface area contributed by atoms with Crippen molar-refractivity contribution in [3.05, 3.63) is 104 Å². The summed E-state index contributed by atoms with van der Waals surface area (Å²) in [4.78, 5) is 8.87. The number of aromatic nitrogens is 3. The zero-order valence-electron chi connectivity index (χ0n) is 18.5. The molecule has 8 rings (SSSR count). The second-order valence-corrected chi connectivity index (χ2v) is 8.75. The minimum atomic E-state index is 0.822. The molecule has 5 heteroatoms. The molecule has 0 N–H and O–H groups in total. The minimum absolute atomic E-state index is 0.822. The molecule has 4 aromatic heterocycles. The van der Waals surface area contributed by atoms with E-state index in [0.717, 1.165) is 71.9 Å². The number of fused-ring (bicyclic) bond motifs is 7. The maximum absolute atomic E-state index is 6.41. The highest BCUT2D eigenvalue weighted by Crippen LogP contribution is 2.44. The zero-order valence-corrected chi connectivity index (χ0v) is 18.5. The summed E-state index contributed by atoms with van der Waals surface area (Å²) in [7, 11) is 0. The lowest BCUT2D eigenvalue weighted by Crippen LogP contribution is -1.83. The molecule has 0 radical (unpaired) electrons. The van der Waals surface area contributed by atoms with Crippen LogP contribution in [-0.4, -0.2) is 14.4 Å². The van der Waals surface area contributed by atoms with E-state index in [1.54, 1.807) is 12.4 Å². The topological polar surface area (TPSA) is 56.5 Å². The summed E-state index contributed by atoms with van der Waals surface area (Å²) in [5, 5.41) is 4.38. The first-order valence-corrected chi connectivity index (χ1v) is 11.5. The van der Waals surface area contributed by atoms with Crippen LogP contribution in [0, 0.1) is 0 Å². The highest BCUT2D eigenvalue weighted by Gasteiger charge is 2.21. The lowest BCUT2D eigenvalue weighted by atomic mass is 9.97. The van der Waals surface area contributed by atoms with E-state index in [0.29, 0.717) is 0 Å². The number of imidazole rings is 1. The van der Waals surface area contributed by atoms with Crippen LogP contribution in [0.1, 0.15) is 0 Å². The first-order chi connectivity index (χ1) is 17.3. The SMILES string of the molecule is c1ccc2c(c1)oc1c(-c3ccc(-c4cn5ccncc5n4)cc3)c3oc4ccccc4c3cc12. The summed E-state index contributed by atoms with van der Waals surface area (Å²) in [6.07, 6.45) is 7.44. The van der Waals surface area contributed by atoms with Crippen LogP contribution < -0.4 is 0 Å². The predicted molar refractivity (Wildman–Crippen MR) is 138 cm³/mol. The minimum Gasteiger partial charge on any atom is -0.455 e. The largest absolute Gasteiger partial charge is 0.455 e. The molecule has 0 saturated heterocycles. The Morgan fingerprint density at radius 2 is 1.29 bits per heavy atom. The fourth-order valence-electron chi connectivity index (χ4n) is 5.09. The summed E-state index contributed by atoms with van der Waals surface area (Å²) in [6, 6.07) is 27.0. The van der Waals surface area contributed by atoms with E-state index >= 15 is 0 Å². The Kier molecular flexibility index (Phi) is 3.60. The Morgan fingerprint density at radius 3 is 1.94 bits per heavy atom. The van der Waals surface area contributed by atoms with Gasteiger partial charge in [-0.25, -0.2) is 4.98 Å². The van der Waals surface area contributed by atoms with Crippen LogP contribution in [0.4, 0.5) is 0 Å². The van der Waals surface area contributed by atoms with Gasteiger partial charge in [-0.05, 0) is 23.8 Å². The molecule has 0 unspecified atom stereocenters. The van der Waals surface area contributed by atoms with Gasteiger partial charge in [0.05, 0.1) is 17.5 Å². The molecule has 0 aliphatic rings. The maximum atomic E-state index is 6.41. The van der Waals surface area contributed by atoms with Crippen LogP contribution in [0.15, 0.2) is 112 Å². The van der Waals surface area contributed by atoms with Crippen molar-refractivity contribution < 1.29 is 8.83 Å². The lowest BCUT2D eigenvalue weighted by Gasteiger charge is -2.06. The van der Waals surface area contributed by atoms with Crippen LogP contribution in [-0.2, 0) is 0 Å². The molecule has 0 fully saturated rings. The average molecular weight is 451 g/mol. The summed E-state index contributed by atoms with van der Waals surface area (Å²) in [5.41, 5.74) is 8.18. The summed E-state index contributed by atoms with van der Waals surface area (Å²) in [5.74, 6) is 0. The van der Waals surface area contributed by atoms with Gasteiger partial charge in [0.15, 0.2) is 5.65 Å². The molecular weight excluding hydrogens is 434 g/mol. The van der Waals surface area contributed by atoms with E-state index in [1.807, 2.05) is 53.2 Å². The van der Waals surface area contributed by atoms with Crippen molar-refractivity contribution in [2.75, 3.05) is 0 Å². The van der Waals surface area contributed by atoms with Gasteiger partial charge in [0.25, 0.3) is 0 Å². The van der Waals surface area contributed by atoms with Crippen molar-refractivity contribution >= 4 is 49.5 Å². The van der Waals surface area contributed by atoms with Crippen molar-refractivity contribution in [1.82, 2.24) is 14.4 Å². The van der Waals surface area contributed by atoms with Gasteiger partial charge in [0.1, 0.15) is 22.3 Å². The monoisotopic (exact) mass is 451 g/mol. The number of hydrogen-bond donors (Lipinski definition) is 0.